The maximum absolute atomic E-state index is 10.0. The first-order chi connectivity index (χ1) is 17.8. The summed E-state index contributed by atoms with van der Waals surface area (Å²) in [6.07, 6.45) is 0. The summed E-state index contributed by atoms with van der Waals surface area (Å²) in [4.78, 5) is 11.3. The highest BCUT2D eigenvalue weighted by Crippen LogP contribution is 2.50. The summed E-state index contributed by atoms with van der Waals surface area (Å²) >= 11 is 0. The molecular formula is C32H18N4. The molecule has 4 nitrogen and oxygen atoms in total. The summed E-state index contributed by atoms with van der Waals surface area (Å²) in [5, 5.41) is 14.3. The first-order valence-electron chi connectivity index (χ1n) is 11.7. The molecule has 0 aliphatic rings. The van der Waals surface area contributed by atoms with Crippen LogP contribution in [0.15, 0.2) is 97.1 Å². The van der Waals surface area contributed by atoms with Crippen molar-refractivity contribution >= 4 is 49.3 Å². The van der Waals surface area contributed by atoms with Crippen LogP contribution < -0.4 is 0 Å². The van der Waals surface area contributed by atoms with Crippen LogP contribution in [0.1, 0.15) is 5.56 Å². The highest BCUT2D eigenvalue weighted by Gasteiger charge is 2.25. The molecule has 0 bridgehead atoms. The zero-order valence-corrected chi connectivity index (χ0v) is 19.1. The van der Waals surface area contributed by atoms with Gasteiger partial charge in [0.2, 0.25) is 0 Å². The van der Waals surface area contributed by atoms with Crippen LogP contribution in [0.2, 0.25) is 0 Å². The molecule has 166 valence electrons. The van der Waals surface area contributed by atoms with E-state index in [1.165, 1.54) is 0 Å². The number of nitrogens with one attached hydrogen (secondary N) is 2. The van der Waals surface area contributed by atoms with Crippen molar-refractivity contribution in [2.45, 2.75) is 0 Å². The van der Waals surface area contributed by atoms with Gasteiger partial charge < -0.3 is 9.97 Å². The van der Waals surface area contributed by atoms with Crippen molar-refractivity contribution in [3.63, 3.8) is 0 Å². The average Bonchev–Trinajstić information content (AvgIpc) is 3.51. The number of aromatic amines is 2. The number of hydrogen-bond acceptors (Lipinski definition) is 1. The minimum absolute atomic E-state index is 0.606. The first kappa shape index (κ1) is 20.1. The lowest BCUT2D eigenvalue weighted by Gasteiger charge is -2.15. The van der Waals surface area contributed by atoms with Crippen LogP contribution in [0.5, 0.6) is 0 Å². The number of benzene rings is 5. The van der Waals surface area contributed by atoms with Crippen molar-refractivity contribution in [2.24, 2.45) is 0 Å². The number of nitriles is 1. The molecule has 0 aliphatic heterocycles. The van der Waals surface area contributed by atoms with Crippen LogP contribution in [0.3, 0.4) is 0 Å². The van der Waals surface area contributed by atoms with Gasteiger partial charge in [0, 0.05) is 49.3 Å². The lowest BCUT2D eigenvalue weighted by molar-refractivity contribution is 1.48. The Bertz CT molecular complexity index is 1920. The molecule has 0 amide bonds. The van der Waals surface area contributed by atoms with E-state index in [9.17, 15) is 5.26 Å². The zero-order valence-electron chi connectivity index (χ0n) is 19.1. The van der Waals surface area contributed by atoms with Crippen molar-refractivity contribution in [3.8, 4) is 28.3 Å². The van der Waals surface area contributed by atoms with Crippen molar-refractivity contribution in [2.75, 3.05) is 0 Å². The summed E-state index contributed by atoms with van der Waals surface area (Å²) in [6.45, 7) is 7.88. The van der Waals surface area contributed by atoms with E-state index in [2.05, 4.69) is 45.1 Å². The standard InChI is InChI=1S/C32H18N4/c1-34-24-15-7-4-12-21(24)28-30-23-14-6-9-17-26(23)35-31(30)27(20-11-3-2-10-19(20)18-33)29-22-13-5-8-16-25(22)36-32(28)29/h2-17,35-36H. The fourth-order valence-electron chi connectivity index (χ4n) is 5.55. The van der Waals surface area contributed by atoms with Crippen molar-refractivity contribution in [1.82, 2.24) is 9.97 Å². The Hall–Kier alpha value is -5.32. The molecule has 0 aliphatic carbocycles. The second-order valence-electron chi connectivity index (χ2n) is 8.88. The second kappa shape index (κ2) is 7.60. The average molecular weight is 459 g/mol. The van der Waals surface area contributed by atoms with Gasteiger partial charge in [-0.2, -0.15) is 5.26 Å². The van der Waals surface area contributed by atoms with Gasteiger partial charge in [-0.25, -0.2) is 4.85 Å². The van der Waals surface area contributed by atoms with E-state index in [1.807, 2.05) is 72.8 Å². The summed E-state index contributed by atoms with van der Waals surface area (Å²) < 4.78 is 0. The van der Waals surface area contributed by atoms with Crippen LogP contribution in [0.25, 0.3) is 70.7 Å². The monoisotopic (exact) mass is 458 g/mol. The van der Waals surface area contributed by atoms with E-state index in [0.29, 0.717) is 11.3 Å². The molecule has 2 N–H and O–H groups in total. The van der Waals surface area contributed by atoms with Gasteiger partial charge >= 0.3 is 0 Å². The third-order valence-electron chi connectivity index (χ3n) is 7.02. The fraction of sp³-hybridized carbons (Fsp3) is 0. The maximum Gasteiger partial charge on any atom is 0.195 e. The topological polar surface area (TPSA) is 59.7 Å². The predicted octanol–water partition coefficient (Wildman–Crippen LogP) is 8.71. The van der Waals surface area contributed by atoms with Crippen LogP contribution >= 0.6 is 0 Å². The van der Waals surface area contributed by atoms with Crippen LogP contribution in [-0.4, -0.2) is 9.97 Å². The van der Waals surface area contributed by atoms with Gasteiger partial charge in [0.05, 0.1) is 29.2 Å². The molecule has 0 unspecified atom stereocenters. The van der Waals surface area contributed by atoms with Gasteiger partial charge in [-0.15, -0.1) is 0 Å². The van der Waals surface area contributed by atoms with E-state index in [-0.39, 0.29) is 0 Å². The Morgan fingerprint density at radius 3 is 1.72 bits per heavy atom. The minimum Gasteiger partial charge on any atom is -0.354 e. The van der Waals surface area contributed by atoms with Crippen LogP contribution in [0.4, 0.5) is 5.69 Å². The third kappa shape index (κ3) is 2.67. The van der Waals surface area contributed by atoms with Gasteiger partial charge in [-0.1, -0.05) is 78.9 Å². The molecular weight excluding hydrogens is 440 g/mol. The summed E-state index contributed by atoms with van der Waals surface area (Å²) in [5.41, 5.74) is 8.96. The maximum atomic E-state index is 10.0. The van der Waals surface area contributed by atoms with E-state index in [1.54, 1.807) is 0 Å². The number of aromatic nitrogens is 2. The number of fused-ring (bicyclic) bond motifs is 6. The molecule has 36 heavy (non-hydrogen) atoms. The molecule has 7 rings (SSSR count). The molecule has 4 heteroatoms. The second-order valence-corrected chi connectivity index (χ2v) is 8.88. The normalized spacial score (nSPS) is 11.3. The van der Waals surface area contributed by atoms with Gasteiger partial charge in [0.25, 0.3) is 0 Å². The zero-order chi connectivity index (χ0) is 24.2. The minimum atomic E-state index is 0.606. The Kier molecular flexibility index (Phi) is 4.24. The summed E-state index contributed by atoms with van der Waals surface area (Å²) in [6, 6.07) is 34.5. The highest BCUT2D eigenvalue weighted by molar-refractivity contribution is 6.32. The first-order valence-corrected chi connectivity index (χ1v) is 11.7. The number of H-pyrrole nitrogens is 2. The summed E-state index contributed by atoms with van der Waals surface area (Å²) in [7, 11) is 0. The number of nitrogens with zero attached hydrogens (tertiary/aromatic N) is 2. The lowest BCUT2D eigenvalue weighted by Crippen LogP contribution is -1.91. The van der Waals surface area contributed by atoms with Crippen molar-refractivity contribution < 1.29 is 0 Å². The number of hydrogen-bond donors (Lipinski definition) is 2. The molecule has 0 atom stereocenters. The molecule has 2 aromatic heterocycles. The van der Waals surface area contributed by atoms with Crippen molar-refractivity contribution in [3.05, 3.63) is 114 Å². The Morgan fingerprint density at radius 2 is 1.11 bits per heavy atom. The predicted molar refractivity (Wildman–Crippen MR) is 147 cm³/mol. The summed E-state index contributed by atoms with van der Waals surface area (Å²) in [5.74, 6) is 0. The molecule has 0 saturated carbocycles. The van der Waals surface area contributed by atoms with E-state index >= 15 is 0 Å². The molecule has 0 radical (unpaired) electrons. The van der Waals surface area contributed by atoms with Crippen molar-refractivity contribution in [1.29, 1.82) is 5.26 Å². The highest BCUT2D eigenvalue weighted by atomic mass is 14.7. The van der Waals surface area contributed by atoms with Crippen LogP contribution in [-0.2, 0) is 0 Å². The Labute approximate surface area is 206 Å². The molecule has 0 fully saturated rings. The molecule has 7 aromatic rings. The Morgan fingerprint density at radius 1 is 0.611 bits per heavy atom. The number of para-hydroxylation sites is 3. The molecule has 5 aromatic carbocycles. The largest absolute Gasteiger partial charge is 0.354 e. The molecule has 0 spiro atoms. The SMILES string of the molecule is [C-]#[N+]c1ccccc1-c1c2[nH]c3ccccc3c2c(-c2ccccc2C#N)c2[nH]c3ccccc3c12. The van der Waals surface area contributed by atoms with Gasteiger partial charge in [-0.3, -0.25) is 0 Å². The van der Waals surface area contributed by atoms with Gasteiger partial charge in [0.1, 0.15) is 0 Å². The van der Waals surface area contributed by atoms with Crippen LogP contribution in [0, 0.1) is 17.9 Å². The smallest absolute Gasteiger partial charge is 0.195 e. The van der Waals surface area contributed by atoms with E-state index in [4.69, 9.17) is 6.57 Å². The number of rotatable bonds is 2. The van der Waals surface area contributed by atoms with E-state index < -0.39 is 0 Å². The fourth-order valence-corrected chi connectivity index (χ4v) is 5.55. The quantitative estimate of drug-likeness (QED) is 0.250. The molecule has 0 saturated heterocycles. The lowest BCUT2D eigenvalue weighted by atomic mass is 9.88. The van der Waals surface area contributed by atoms with Gasteiger partial charge in [0.15, 0.2) is 5.69 Å². The molecule has 2 heterocycles. The van der Waals surface area contributed by atoms with Gasteiger partial charge in [-0.05, 0) is 23.8 Å². The Balaban J connectivity index is 1.85. The third-order valence-corrected chi connectivity index (χ3v) is 7.02. The van der Waals surface area contributed by atoms with E-state index in [0.717, 1.165) is 65.9 Å².